The SMILES string of the molecule is Brc1ccccc1/C=C/C1NCC2CCCC21. The second kappa shape index (κ2) is 4.95. The lowest BCUT2D eigenvalue weighted by molar-refractivity contribution is 0.456. The molecule has 0 amide bonds. The predicted molar refractivity (Wildman–Crippen MR) is 75.8 cm³/mol. The zero-order chi connectivity index (χ0) is 11.7. The van der Waals surface area contributed by atoms with Gasteiger partial charge in [0.25, 0.3) is 0 Å². The van der Waals surface area contributed by atoms with Crippen LogP contribution < -0.4 is 5.32 Å². The number of benzene rings is 1. The van der Waals surface area contributed by atoms with Gasteiger partial charge in [-0.05, 0) is 42.9 Å². The number of hydrogen-bond donors (Lipinski definition) is 1. The minimum absolute atomic E-state index is 0.592. The summed E-state index contributed by atoms with van der Waals surface area (Å²) in [7, 11) is 0. The fourth-order valence-electron chi connectivity index (χ4n) is 3.26. The third-order valence-corrected chi connectivity index (χ3v) is 4.91. The van der Waals surface area contributed by atoms with Crippen molar-refractivity contribution in [2.75, 3.05) is 6.54 Å². The van der Waals surface area contributed by atoms with E-state index in [4.69, 9.17) is 0 Å². The van der Waals surface area contributed by atoms with E-state index in [-0.39, 0.29) is 0 Å². The predicted octanol–water partition coefficient (Wildman–Crippen LogP) is 3.85. The van der Waals surface area contributed by atoms with Crippen LogP contribution in [0, 0.1) is 11.8 Å². The Morgan fingerprint density at radius 2 is 2.12 bits per heavy atom. The Bertz CT molecular complexity index is 427. The summed E-state index contributed by atoms with van der Waals surface area (Å²) in [6, 6.07) is 8.99. The van der Waals surface area contributed by atoms with Gasteiger partial charge in [0.15, 0.2) is 0 Å². The minimum atomic E-state index is 0.592. The normalized spacial score (nSPS) is 32.2. The maximum atomic E-state index is 3.65. The van der Waals surface area contributed by atoms with Crippen LogP contribution in [-0.2, 0) is 0 Å². The Morgan fingerprint density at radius 1 is 1.24 bits per heavy atom. The first-order valence-corrected chi connectivity index (χ1v) is 7.30. The van der Waals surface area contributed by atoms with Crippen LogP contribution in [-0.4, -0.2) is 12.6 Å². The number of hydrogen-bond acceptors (Lipinski definition) is 1. The Morgan fingerprint density at radius 3 is 3.00 bits per heavy atom. The van der Waals surface area contributed by atoms with Gasteiger partial charge < -0.3 is 5.32 Å². The minimum Gasteiger partial charge on any atom is -0.310 e. The molecule has 2 aliphatic rings. The molecule has 2 fully saturated rings. The number of nitrogens with one attached hydrogen (secondary N) is 1. The third kappa shape index (κ3) is 2.34. The smallest absolute Gasteiger partial charge is 0.0284 e. The first-order chi connectivity index (χ1) is 8.34. The summed E-state index contributed by atoms with van der Waals surface area (Å²) in [4.78, 5) is 0. The van der Waals surface area contributed by atoms with Gasteiger partial charge in [-0.25, -0.2) is 0 Å². The molecule has 1 nitrogen and oxygen atoms in total. The van der Waals surface area contributed by atoms with Crippen LogP contribution in [0.4, 0.5) is 0 Å². The van der Waals surface area contributed by atoms with Crippen LogP contribution in [0.5, 0.6) is 0 Å². The maximum Gasteiger partial charge on any atom is 0.0284 e. The monoisotopic (exact) mass is 291 g/mol. The first kappa shape index (κ1) is 11.5. The van der Waals surface area contributed by atoms with Crippen molar-refractivity contribution in [3.8, 4) is 0 Å². The summed E-state index contributed by atoms with van der Waals surface area (Å²) in [6.45, 7) is 1.22. The summed E-state index contributed by atoms with van der Waals surface area (Å²) >= 11 is 3.59. The molecule has 1 saturated heterocycles. The molecule has 1 saturated carbocycles. The van der Waals surface area contributed by atoms with Gasteiger partial charge in [-0.3, -0.25) is 0 Å². The molecule has 0 radical (unpaired) electrons. The Balaban J connectivity index is 1.73. The highest BCUT2D eigenvalue weighted by molar-refractivity contribution is 9.10. The van der Waals surface area contributed by atoms with E-state index in [0.29, 0.717) is 6.04 Å². The largest absolute Gasteiger partial charge is 0.310 e. The highest BCUT2D eigenvalue weighted by Crippen LogP contribution is 2.38. The molecule has 0 spiro atoms. The molecule has 0 bridgehead atoms. The summed E-state index contributed by atoms with van der Waals surface area (Å²) < 4.78 is 1.18. The van der Waals surface area contributed by atoms with E-state index >= 15 is 0 Å². The molecule has 3 unspecified atom stereocenters. The van der Waals surface area contributed by atoms with Crippen molar-refractivity contribution < 1.29 is 0 Å². The molecule has 2 heteroatoms. The molecule has 3 rings (SSSR count). The van der Waals surface area contributed by atoms with E-state index < -0.39 is 0 Å². The average molecular weight is 292 g/mol. The van der Waals surface area contributed by atoms with Crippen molar-refractivity contribution in [3.63, 3.8) is 0 Å². The van der Waals surface area contributed by atoms with Gasteiger partial charge in [0.2, 0.25) is 0 Å². The second-order valence-electron chi connectivity index (χ2n) is 5.17. The standard InChI is InChI=1S/C15H18BrN/c16-14-7-2-1-4-11(14)8-9-15-13-6-3-5-12(13)10-17-15/h1-2,4,7-9,12-13,15,17H,3,5-6,10H2/b9-8+. The Hall–Kier alpha value is -0.600. The molecule has 3 atom stereocenters. The quantitative estimate of drug-likeness (QED) is 0.873. The molecule has 1 aliphatic carbocycles. The lowest BCUT2D eigenvalue weighted by Gasteiger charge is -2.13. The fraction of sp³-hybridized carbons (Fsp3) is 0.467. The van der Waals surface area contributed by atoms with Crippen LogP contribution in [0.25, 0.3) is 6.08 Å². The van der Waals surface area contributed by atoms with Gasteiger partial charge in [0.05, 0.1) is 0 Å². The van der Waals surface area contributed by atoms with Gasteiger partial charge in [0, 0.05) is 10.5 Å². The Kier molecular flexibility index (Phi) is 3.34. The lowest BCUT2D eigenvalue weighted by atomic mass is 9.93. The molecule has 1 heterocycles. The third-order valence-electron chi connectivity index (χ3n) is 4.18. The van der Waals surface area contributed by atoms with E-state index in [1.807, 2.05) is 0 Å². The summed E-state index contributed by atoms with van der Waals surface area (Å²) in [5.74, 6) is 1.82. The highest BCUT2D eigenvalue weighted by atomic mass is 79.9. The molecule has 90 valence electrons. The van der Waals surface area contributed by atoms with Crippen molar-refractivity contribution >= 4 is 22.0 Å². The topological polar surface area (TPSA) is 12.0 Å². The molecule has 1 aliphatic heterocycles. The summed E-state index contributed by atoms with van der Waals surface area (Å²) in [5.41, 5.74) is 1.27. The highest BCUT2D eigenvalue weighted by Gasteiger charge is 2.37. The first-order valence-electron chi connectivity index (χ1n) is 6.51. The van der Waals surface area contributed by atoms with Gasteiger partial charge in [-0.15, -0.1) is 0 Å². The Labute approximate surface area is 111 Å². The van der Waals surface area contributed by atoms with Crippen molar-refractivity contribution in [2.45, 2.75) is 25.3 Å². The van der Waals surface area contributed by atoms with Crippen molar-refractivity contribution in [1.29, 1.82) is 0 Å². The second-order valence-corrected chi connectivity index (χ2v) is 6.02. The summed E-state index contributed by atoms with van der Waals surface area (Å²) in [6.07, 6.45) is 8.87. The molecule has 1 N–H and O–H groups in total. The lowest BCUT2D eigenvalue weighted by Crippen LogP contribution is -2.23. The van der Waals surface area contributed by atoms with E-state index in [2.05, 4.69) is 57.7 Å². The maximum absolute atomic E-state index is 3.65. The van der Waals surface area contributed by atoms with Crippen LogP contribution in [0.3, 0.4) is 0 Å². The van der Waals surface area contributed by atoms with E-state index in [9.17, 15) is 0 Å². The van der Waals surface area contributed by atoms with Crippen molar-refractivity contribution in [3.05, 3.63) is 40.4 Å². The molecule has 1 aromatic rings. The zero-order valence-electron chi connectivity index (χ0n) is 9.90. The number of fused-ring (bicyclic) bond motifs is 1. The van der Waals surface area contributed by atoms with Gasteiger partial charge >= 0.3 is 0 Å². The number of halogens is 1. The van der Waals surface area contributed by atoms with Crippen LogP contribution in [0.2, 0.25) is 0 Å². The van der Waals surface area contributed by atoms with E-state index in [1.54, 1.807) is 0 Å². The van der Waals surface area contributed by atoms with Crippen molar-refractivity contribution in [2.24, 2.45) is 11.8 Å². The van der Waals surface area contributed by atoms with Gasteiger partial charge in [-0.1, -0.05) is 52.7 Å². The molecule has 17 heavy (non-hydrogen) atoms. The summed E-state index contributed by atoms with van der Waals surface area (Å²) in [5, 5.41) is 3.65. The zero-order valence-corrected chi connectivity index (χ0v) is 11.5. The van der Waals surface area contributed by atoms with E-state index in [0.717, 1.165) is 11.8 Å². The number of rotatable bonds is 2. The van der Waals surface area contributed by atoms with E-state index in [1.165, 1.54) is 35.8 Å². The fourth-order valence-corrected chi connectivity index (χ4v) is 3.68. The van der Waals surface area contributed by atoms with Crippen LogP contribution >= 0.6 is 15.9 Å². The molecular weight excluding hydrogens is 274 g/mol. The molecule has 1 aromatic carbocycles. The van der Waals surface area contributed by atoms with Crippen molar-refractivity contribution in [1.82, 2.24) is 5.32 Å². The molecular formula is C15H18BrN. The van der Waals surface area contributed by atoms with Crippen LogP contribution in [0.1, 0.15) is 24.8 Å². The average Bonchev–Trinajstić information content (AvgIpc) is 2.91. The van der Waals surface area contributed by atoms with Crippen LogP contribution in [0.15, 0.2) is 34.8 Å². The van der Waals surface area contributed by atoms with Gasteiger partial charge in [-0.2, -0.15) is 0 Å². The van der Waals surface area contributed by atoms with Gasteiger partial charge in [0.1, 0.15) is 0 Å². The molecule has 0 aromatic heterocycles.